The smallest absolute Gasteiger partial charge is 0.239 e. The van der Waals surface area contributed by atoms with E-state index in [0.29, 0.717) is 23.2 Å². The fourth-order valence-electron chi connectivity index (χ4n) is 2.18. The number of anilines is 1. The molecule has 2 aromatic heterocycles. The van der Waals surface area contributed by atoms with Gasteiger partial charge in [0.1, 0.15) is 5.76 Å². The van der Waals surface area contributed by atoms with Gasteiger partial charge in [0.15, 0.2) is 5.82 Å². The first-order valence-corrected chi connectivity index (χ1v) is 8.71. The summed E-state index contributed by atoms with van der Waals surface area (Å²) < 4.78 is 6.59. The molecule has 2 heterocycles. The number of nitrogens with zero attached hydrogens (tertiary/aromatic N) is 5. The van der Waals surface area contributed by atoms with Crippen molar-refractivity contribution in [2.24, 2.45) is 0 Å². The van der Waals surface area contributed by atoms with Gasteiger partial charge in [-0.15, -0.1) is 5.10 Å². The normalized spacial score (nSPS) is 12.1. The van der Waals surface area contributed by atoms with Crippen LogP contribution in [0.4, 0.5) is 5.82 Å². The zero-order valence-electron chi connectivity index (χ0n) is 14.1. The molecule has 0 unspecified atom stereocenters. The number of carbonyl (C=O) groups is 1. The van der Waals surface area contributed by atoms with E-state index < -0.39 is 0 Å². The molecule has 0 saturated heterocycles. The van der Waals surface area contributed by atoms with Gasteiger partial charge in [-0.25, -0.2) is 0 Å². The van der Waals surface area contributed by atoms with Crippen molar-refractivity contribution in [2.45, 2.75) is 37.6 Å². The lowest BCUT2D eigenvalue weighted by atomic mass is 10.2. The molecule has 3 aromatic rings. The fraction of sp³-hybridized carbons (Fsp3) is 0.312. The topological polar surface area (TPSA) is 98.7 Å². The molecule has 25 heavy (non-hydrogen) atoms. The van der Waals surface area contributed by atoms with Crippen LogP contribution >= 0.6 is 11.8 Å². The van der Waals surface area contributed by atoms with Crippen molar-refractivity contribution in [2.75, 3.05) is 5.32 Å². The average molecular weight is 358 g/mol. The minimum atomic E-state index is -0.354. The van der Waals surface area contributed by atoms with Crippen LogP contribution in [0.3, 0.4) is 0 Å². The molecule has 0 spiro atoms. The molecule has 3 rings (SSSR count). The van der Waals surface area contributed by atoms with Gasteiger partial charge in [0.25, 0.3) is 0 Å². The minimum absolute atomic E-state index is 0.167. The summed E-state index contributed by atoms with van der Waals surface area (Å²) in [7, 11) is 0. The number of hydrogen-bond acceptors (Lipinski definition) is 7. The van der Waals surface area contributed by atoms with Gasteiger partial charge in [-0.05, 0) is 42.8 Å². The van der Waals surface area contributed by atoms with Crippen molar-refractivity contribution < 1.29 is 9.32 Å². The highest BCUT2D eigenvalue weighted by molar-refractivity contribution is 8.00. The molecule has 1 atom stereocenters. The van der Waals surface area contributed by atoms with Crippen molar-refractivity contribution in [3.05, 3.63) is 41.7 Å². The molecule has 0 fully saturated rings. The van der Waals surface area contributed by atoms with Gasteiger partial charge in [0.2, 0.25) is 11.1 Å². The van der Waals surface area contributed by atoms with Gasteiger partial charge in [0.05, 0.1) is 10.9 Å². The summed E-state index contributed by atoms with van der Waals surface area (Å²) in [4.78, 5) is 12.5. The van der Waals surface area contributed by atoms with E-state index in [4.69, 9.17) is 4.52 Å². The number of aryl methyl sites for hydroxylation is 2. The standard InChI is InChI=1S/C16H18N6O2S/c1-4-13(15(23)17-14-9-11(3)24-19-14)25-16-18-20-21-22(16)12-7-5-10(2)6-8-12/h5-9,13H,4H2,1-3H3,(H,17,19,23)/t13-/m1/s1. The molecule has 0 bridgehead atoms. The quantitative estimate of drug-likeness (QED) is 0.676. The second kappa shape index (κ2) is 7.47. The number of aromatic nitrogens is 5. The van der Waals surface area contributed by atoms with Crippen molar-refractivity contribution in [3.63, 3.8) is 0 Å². The third-order valence-electron chi connectivity index (χ3n) is 3.51. The Labute approximate surface area is 149 Å². The summed E-state index contributed by atoms with van der Waals surface area (Å²) in [6, 6.07) is 9.53. The Morgan fingerprint density at radius 1 is 1.32 bits per heavy atom. The number of tetrazole rings is 1. The summed E-state index contributed by atoms with van der Waals surface area (Å²) in [5, 5.41) is 18.5. The Balaban J connectivity index is 1.75. The predicted molar refractivity (Wildman–Crippen MR) is 93.7 cm³/mol. The van der Waals surface area contributed by atoms with Crippen molar-refractivity contribution in [1.29, 1.82) is 0 Å². The van der Waals surface area contributed by atoms with Crippen LogP contribution in [0.1, 0.15) is 24.7 Å². The maximum atomic E-state index is 12.5. The van der Waals surface area contributed by atoms with Gasteiger partial charge in [-0.2, -0.15) is 4.68 Å². The first kappa shape index (κ1) is 17.2. The van der Waals surface area contributed by atoms with Crippen molar-refractivity contribution in [1.82, 2.24) is 25.4 Å². The Morgan fingerprint density at radius 3 is 2.72 bits per heavy atom. The largest absolute Gasteiger partial charge is 0.360 e. The minimum Gasteiger partial charge on any atom is -0.360 e. The van der Waals surface area contributed by atoms with E-state index in [1.54, 1.807) is 17.7 Å². The van der Waals surface area contributed by atoms with E-state index in [1.807, 2.05) is 38.1 Å². The third kappa shape index (κ3) is 4.05. The summed E-state index contributed by atoms with van der Waals surface area (Å²) in [5.41, 5.74) is 2.00. The fourth-order valence-corrected chi connectivity index (χ4v) is 3.09. The van der Waals surface area contributed by atoms with Gasteiger partial charge in [-0.3, -0.25) is 4.79 Å². The van der Waals surface area contributed by atoms with Crippen LogP contribution in [-0.2, 0) is 4.79 Å². The maximum absolute atomic E-state index is 12.5. The van der Waals surface area contributed by atoms with Crippen molar-refractivity contribution in [3.8, 4) is 5.69 Å². The van der Waals surface area contributed by atoms with Gasteiger partial charge in [0, 0.05) is 6.07 Å². The Hall–Kier alpha value is -2.68. The molecule has 8 nitrogen and oxygen atoms in total. The van der Waals surface area contributed by atoms with Crippen LogP contribution in [-0.4, -0.2) is 36.5 Å². The van der Waals surface area contributed by atoms with E-state index in [-0.39, 0.29) is 11.2 Å². The summed E-state index contributed by atoms with van der Waals surface area (Å²) in [6.45, 7) is 5.72. The lowest BCUT2D eigenvalue weighted by molar-refractivity contribution is -0.115. The molecule has 0 radical (unpaired) electrons. The van der Waals surface area contributed by atoms with Crippen LogP contribution < -0.4 is 5.32 Å². The number of nitrogens with one attached hydrogen (secondary N) is 1. The highest BCUT2D eigenvalue weighted by Gasteiger charge is 2.23. The molecule has 0 aliphatic carbocycles. The van der Waals surface area contributed by atoms with Gasteiger partial charge in [-0.1, -0.05) is 41.5 Å². The number of benzene rings is 1. The monoisotopic (exact) mass is 358 g/mol. The maximum Gasteiger partial charge on any atom is 0.239 e. The first-order valence-electron chi connectivity index (χ1n) is 7.83. The molecule has 1 amide bonds. The Kier molecular flexibility index (Phi) is 5.13. The summed E-state index contributed by atoms with van der Waals surface area (Å²) >= 11 is 1.31. The number of amides is 1. The van der Waals surface area contributed by atoms with Crippen LogP contribution in [0.5, 0.6) is 0 Å². The lowest BCUT2D eigenvalue weighted by Gasteiger charge is -2.13. The van der Waals surface area contributed by atoms with Crippen molar-refractivity contribution >= 4 is 23.5 Å². The molecule has 0 aliphatic heterocycles. The van der Waals surface area contributed by atoms with E-state index in [2.05, 4.69) is 26.0 Å². The summed E-state index contributed by atoms with van der Waals surface area (Å²) in [5.74, 6) is 0.873. The highest BCUT2D eigenvalue weighted by Crippen LogP contribution is 2.26. The molecular weight excluding hydrogens is 340 g/mol. The third-order valence-corrected chi connectivity index (χ3v) is 4.81. The molecule has 130 valence electrons. The van der Waals surface area contributed by atoms with E-state index >= 15 is 0 Å². The molecule has 9 heteroatoms. The number of rotatable bonds is 6. The number of carbonyl (C=O) groups excluding carboxylic acids is 1. The van der Waals surface area contributed by atoms with Crippen LogP contribution in [0.2, 0.25) is 0 Å². The van der Waals surface area contributed by atoms with E-state index in [9.17, 15) is 4.79 Å². The van der Waals surface area contributed by atoms with Crippen LogP contribution in [0.25, 0.3) is 5.69 Å². The molecule has 0 aliphatic rings. The summed E-state index contributed by atoms with van der Waals surface area (Å²) in [6.07, 6.45) is 0.619. The van der Waals surface area contributed by atoms with Crippen LogP contribution in [0.15, 0.2) is 40.0 Å². The zero-order valence-corrected chi connectivity index (χ0v) is 14.9. The molecule has 0 saturated carbocycles. The predicted octanol–water partition coefficient (Wildman–Crippen LogP) is 2.78. The SMILES string of the molecule is CC[C@@H](Sc1nnnn1-c1ccc(C)cc1)C(=O)Nc1cc(C)on1. The Bertz CT molecular complexity index is 858. The molecule has 1 N–H and O–H groups in total. The molecule has 1 aromatic carbocycles. The highest BCUT2D eigenvalue weighted by atomic mass is 32.2. The lowest BCUT2D eigenvalue weighted by Crippen LogP contribution is -2.25. The molecular formula is C16H18N6O2S. The first-order chi connectivity index (χ1) is 12.1. The van der Waals surface area contributed by atoms with Crippen LogP contribution in [0, 0.1) is 13.8 Å². The van der Waals surface area contributed by atoms with E-state index in [0.717, 1.165) is 11.3 Å². The van der Waals surface area contributed by atoms with Gasteiger partial charge >= 0.3 is 0 Å². The number of hydrogen-bond donors (Lipinski definition) is 1. The van der Waals surface area contributed by atoms with Gasteiger partial charge < -0.3 is 9.84 Å². The van der Waals surface area contributed by atoms with E-state index in [1.165, 1.54) is 11.8 Å². The zero-order chi connectivity index (χ0) is 17.8. The Morgan fingerprint density at radius 2 is 2.08 bits per heavy atom. The second-order valence-electron chi connectivity index (χ2n) is 5.54. The second-order valence-corrected chi connectivity index (χ2v) is 6.71. The number of thioether (sulfide) groups is 1. The average Bonchev–Trinajstić information content (AvgIpc) is 3.22.